The van der Waals surface area contributed by atoms with Gasteiger partial charge < -0.3 is 0 Å². The van der Waals surface area contributed by atoms with Crippen LogP contribution in [-0.4, -0.2) is 0 Å². The Kier molecular flexibility index (Phi) is 2.96. The van der Waals surface area contributed by atoms with Crippen molar-refractivity contribution in [3.63, 3.8) is 0 Å². The van der Waals surface area contributed by atoms with Crippen LogP contribution >= 0.6 is 0 Å². The zero-order valence-electron chi connectivity index (χ0n) is 9.26. The van der Waals surface area contributed by atoms with E-state index in [1.807, 2.05) is 0 Å². The molecule has 0 bridgehead atoms. The van der Waals surface area contributed by atoms with Crippen molar-refractivity contribution in [1.82, 2.24) is 0 Å². The van der Waals surface area contributed by atoms with E-state index in [0.29, 0.717) is 0 Å². The third-order valence-electron chi connectivity index (χ3n) is 4.30. The summed E-state index contributed by atoms with van der Waals surface area (Å²) < 4.78 is 0. The van der Waals surface area contributed by atoms with E-state index in [2.05, 4.69) is 13.8 Å². The Morgan fingerprint density at radius 1 is 1.15 bits per heavy atom. The van der Waals surface area contributed by atoms with E-state index in [4.69, 9.17) is 0 Å². The van der Waals surface area contributed by atoms with Crippen LogP contribution in [0.5, 0.6) is 0 Å². The van der Waals surface area contributed by atoms with E-state index < -0.39 is 0 Å². The van der Waals surface area contributed by atoms with E-state index in [9.17, 15) is 0 Å². The summed E-state index contributed by atoms with van der Waals surface area (Å²) in [6, 6.07) is 0. The van der Waals surface area contributed by atoms with Gasteiger partial charge in [-0.2, -0.15) is 0 Å². The summed E-state index contributed by atoms with van der Waals surface area (Å²) in [5.74, 6) is 4.43. The van der Waals surface area contributed by atoms with Gasteiger partial charge in [0.15, 0.2) is 0 Å². The molecule has 0 radical (unpaired) electrons. The van der Waals surface area contributed by atoms with Gasteiger partial charge in [-0.05, 0) is 36.5 Å². The van der Waals surface area contributed by atoms with Gasteiger partial charge in [0.2, 0.25) is 0 Å². The molecule has 13 heavy (non-hydrogen) atoms. The summed E-state index contributed by atoms with van der Waals surface area (Å²) in [6.45, 7) is 4.78. The van der Waals surface area contributed by atoms with E-state index in [1.165, 1.54) is 25.7 Å². The molecule has 0 aromatic carbocycles. The van der Waals surface area contributed by atoms with Crippen LogP contribution < -0.4 is 0 Å². The van der Waals surface area contributed by atoms with E-state index in [-0.39, 0.29) is 0 Å². The molecule has 0 heteroatoms. The highest BCUT2D eigenvalue weighted by Gasteiger charge is 2.40. The molecule has 0 spiro atoms. The minimum Gasteiger partial charge on any atom is -0.0654 e. The van der Waals surface area contributed by atoms with Gasteiger partial charge >= 0.3 is 0 Å². The van der Waals surface area contributed by atoms with Crippen molar-refractivity contribution in [1.29, 1.82) is 0 Å². The van der Waals surface area contributed by atoms with Crippen molar-refractivity contribution in [2.75, 3.05) is 0 Å². The van der Waals surface area contributed by atoms with Crippen LogP contribution in [0.3, 0.4) is 0 Å². The molecule has 4 unspecified atom stereocenters. The Balaban J connectivity index is 1.78. The molecule has 0 heterocycles. The lowest BCUT2D eigenvalue weighted by Crippen LogP contribution is -2.17. The van der Waals surface area contributed by atoms with Crippen molar-refractivity contribution in [3.8, 4) is 0 Å². The molecule has 0 aliphatic heterocycles. The maximum Gasteiger partial charge on any atom is -0.0357 e. The second kappa shape index (κ2) is 4.02. The second-order valence-corrected chi connectivity index (χ2v) is 5.46. The molecule has 2 aliphatic rings. The Morgan fingerprint density at radius 2 is 1.92 bits per heavy atom. The van der Waals surface area contributed by atoms with Gasteiger partial charge in [-0.3, -0.25) is 0 Å². The zero-order chi connectivity index (χ0) is 9.26. The topological polar surface area (TPSA) is 0 Å². The van der Waals surface area contributed by atoms with Gasteiger partial charge in [-0.15, -0.1) is 0 Å². The summed E-state index contributed by atoms with van der Waals surface area (Å²) in [5, 5.41) is 0. The fraction of sp³-hybridized carbons (Fsp3) is 1.00. The molecule has 2 fully saturated rings. The average Bonchev–Trinajstić information content (AvgIpc) is 2.84. The van der Waals surface area contributed by atoms with Crippen molar-refractivity contribution >= 4 is 0 Å². The molecule has 0 amide bonds. The number of hydrogen-bond acceptors (Lipinski definition) is 0. The van der Waals surface area contributed by atoms with Crippen LogP contribution in [0.1, 0.15) is 58.8 Å². The van der Waals surface area contributed by atoms with Gasteiger partial charge in [-0.25, -0.2) is 0 Å². The summed E-state index contributed by atoms with van der Waals surface area (Å²) >= 11 is 0. The molecular formula is C13H24. The van der Waals surface area contributed by atoms with Crippen molar-refractivity contribution in [2.45, 2.75) is 58.8 Å². The third kappa shape index (κ3) is 2.27. The molecule has 0 nitrogen and oxygen atoms in total. The molecule has 2 saturated carbocycles. The van der Waals surface area contributed by atoms with Crippen LogP contribution in [0, 0.1) is 23.7 Å². The van der Waals surface area contributed by atoms with Gasteiger partial charge in [0.25, 0.3) is 0 Å². The lowest BCUT2D eigenvalue weighted by molar-refractivity contribution is 0.226. The Bertz CT molecular complexity index is 159. The van der Waals surface area contributed by atoms with Crippen molar-refractivity contribution < 1.29 is 0 Å². The van der Waals surface area contributed by atoms with E-state index in [0.717, 1.165) is 23.7 Å². The fourth-order valence-corrected chi connectivity index (χ4v) is 3.40. The first kappa shape index (κ1) is 9.55. The first-order chi connectivity index (χ1) is 6.31. The first-order valence-electron chi connectivity index (χ1n) is 6.31. The molecule has 0 saturated heterocycles. The molecule has 2 rings (SSSR count). The third-order valence-corrected chi connectivity index (χ3v) is 4.30. The second-order valence-electron chi connectivity index (χ2n) is 5.46. The lowest BCUT2D eigenvalue weighted by atomic mass is 9.77. The van der Waals surface area contributed by atoms with Crippen LogP contribution in [-0.2, 0) is 0 Å². The predicted octanol–water partition coefficient (Wildman–Crippen LogP) is 4.25. The molecular weight excluding hydrogens is 156 g/mol. The van der Waals surface area contributed by atoms with Gasteiger partial charge in [0, 0.05) is 0 Å². The maximum absolute atomic E-state index is 2.44. The van der Waals surface area contributed by atoms with Crippen LogP contribution in [0.25, 0.3) is 0 Å². The highest BCUT2D eigenvalue weighted by Crippen LogP contribution is 2.50. The predicted molar refractivity (Wildman–Crippen MR) is 57.6 cm³/mol. The molecule has 76 valence electrons. The highest BCUT2D eigenvalue weighted by molar-refractivity contribution is 4.90. The smallest absolute Gasteiger partial charge is 0.0357 e. The monoisotopic (exact) mass is 180 g/mol. The Labute approximate surface area is 83.1 Å². The Morgan fingerprint density at radius 3 is 2.54 bits per heavy atom. The summed E-state index contributed by atoms with van der Waals surface area (Å²) in [4.78, 5) is 0. The van der Waals surface area contributed by atoms with Crippen LogP contribution in [0.2, 0.25) is 0 Å². The molecule has 4 atom stereocenters. The van der Waals surface area contributed by atoms with Gasteiger partial charge in [-0.1, -0.05) is 46.0 Å². The SMILES string of the molecule is CCCC1CCCC(C2CC2C)C1. The largest absolute Gasteiger partial charge is 0.0654 e. The quantitative estimate of drug-likeness (QED) is 0.609. The van der Waals surface area contributed by atoms with Crippen molar-refractivity contribution in [2.24, 2.45) is 23.7 Å². The molecule has 0 aromatic heterocycles. The summed E-state index contributed by atoms with van der Waals surface area (Å²) in [7, 11) is 0. The minimum atomic E-state index is 1.07. The molecule has 0 aromatic rings. The number of rotatable bonds is 3. The summed E-state index contributed by atoms with van der Waals surface area (Å²) in [6.07, 6.45) is 10.6. The summed E-state index contributed by atoms with van der Waals surface area (Å²) in [5.41, 5.74) is 0. The normalized spacial score (nSPS) is 44.8. The van der Waals surface area contributed by atoms with E-state index in [1.54, 1.807) is 19.3 Å². The minimum absolute atomic E-state index is 1.07. The van der Waals surface area contributed by atoms with Crippen LogP contribution in [0.15, 0.2) is 0 Å². The van der Waals surface area contributed by atoms with Crippen LogP contribution in [0.4, 0.5) is 0 Å². The Hall–Kier alpha value is 0. The zero-order valence-corrected chi connectivity index (χ0v) is 9.26. The maximum atomic E-state index is 2.44. The van der Waals surface area contributed by atoms with Gasteiger partial charge in [0.1, 0.15) is 0 Å². The number of hydrogen-bond donors (Lipinski definition) is 0. The average molecular weight is 180 g/mol. The molecule has 2 aliphatic carbocycles. The standard InChI is InChI=1S/C13H24/c1-3-5-11-6-4-7-12(9-11)13-8-10(13)2/h10-13H,3-9H2,1-2H3. The van der Waals surface area contributed by atoms with Gasteiger partial charge in [0.05, 0.1) is 0 Å². The first-order valence-corrected chi connectivity index (χ1v) is 6.31. The lowest BCUT2D eigenvalue weighted by Gasteiger charge is -2.29. The van der Waals surface area contributed by atoms with E-state index >= 15 is 0 Å². The van der Waals surface area contributed by atoms with Crippen molar-refractivity contribution in [3.05, 3.63) is 0 Å². The fourth-order valence-electron chi connectivity index (χ4n) is 3.40. The molecule has 0 N–H and O–H groups in total. The highest BCUT2D eigenvalue weighted by atomic mass is 14.5.